The van der Waals surface area contributed by atoms with E-state index in [1.165, 1.54) is 0 Å². The zero-order valence-corrected chi connectivity index (χ0v) is 15.4. The summed E-state index contributed by atoms with van der Waals surface area (Å²) in [4.78, 5) is 17.4. The van der Waals surface area contributed by atoms with Crippen molar-refractivity contribution >= 4 is 39.4 Å². The average Bonchev–Trinajstić information content (AvgIpc) is 3.17. The summed E-state index contributed by atoms with van der Waals surface area (Å²) in [6, 6.07) is 15.5. The Morgan fingerprint density at radius 2 is 1.96 bits per heavy atom. The Morgan fingerprint density at radius 1 is 1.15 bits per heavy atom. The molecule has 2 aromatic carbocycles. The van der Waals surface area contributed by atoms with E-state index in [2.05, 4.69) is 21.8 Å². The standard InChI is InChI=1S/C20H19ClN4O/c1-3-25-16-7-5-4-6-15(16)23-19(25)12-22-20(26)18-10-13-8-9-14(21)11-17(13)24(18)2/h4-11H,3,12H2,1-2H3,(H,22,26). The van der Waals surface area contributed by atoms with Gasteiger partial charge in [-0.3, -0.25) is 4.79 Å². The van der Waals surface area contributed by atoms with Gasteiger partial charge in [-0.2, -0.15) is 0 Å². The van der Waals surface area contributed by atoms with Crippen LogP contribution in [0.3, 0.4) is 0 Å². The van der Waals surface area contributed by atoms with Crippen LogP contribution in [0.4, 0.5) is 0 Å². The van der Waals surface area contributed by atoms with Crippen LogP contribution in [0.1, 0.15) is 23.2 Å². The molecule has 6 heteroatoms. The zero-order chi connectivity index (χ0) is 18.3. The minimum atomic E-state index is -0.130. The molecule has 0 bridgehead atoms. The number of aromatic nitrogens is 3. The van der Waals surface area contributed by atoms with Crippen molar-refractivity contribution in [2.24, 2.45) is 7.05 Å². The van der Waals surface area contributed by atoms with E-state index in [0.717, 1.165) is 34.3 Å². The molecule has 0 aliphatic carbocycles. The van der Waals surface area contributed by atoms with Crippen molar-refractivity contribution in [1.29, 1.82) is 0 Å². The van der Waals surface area contributed by atoms with Crippen LogP contribution in [-0.2, 0) is 20.1 Å². The van der Waals surface area contributed by atoms with Gasteiger partial charge in [-0.15, -0.1) is 0 Å². The lowest BCUT2D eigenvalue weighted by Crippen LogP contribution is -2.26. The molecule has 132 valence electrons. The van der Waals surface area contributed by atoms with Crippen molar-refractivity contribution in [3.63, 3.8) is 0 Å². The van der Waals surface area contributed by atoms with Crippen molar-refractivity contribution in [1.82, 2.24) is 19.4 Å². The number of fused-ring (bicyclic) bond motifs is 2. The van der Waals surface area contributed by atoms with Gasteiger partial charge in [0.05, 0.1) is 17.6 Å². The van der Waals surface area contributed by atoms with Crippen LogP contribution < -0.4 is 5.32 Å². The van der Waals surface area contributed by atoms with E-state index in [0.29, 0.717) is 17.3 Å². The fraction of sp³-hybridized carbons (Fsp3) is 0.200. The largest absolute Gasteiger partial charge is 0.344 e. The van der Waals surface area contributed by atoms with Gasteiger partial charge >= 0.3 is 0 Å². The molecule has 1 N–H and O–H groups in total. The fourth-order valence-electron chi connectivity index (χ4n) is 3.38. The second-order valence-electron chi connectivity index (χ2n) is 6.24. The van der Waals surface area contributed by atoms with Crippen LogP contribution in [0.2, 0.25) is 5.02 Å². The highest BCUT2D eigenvalue weighted by atomic mass is 35.5. The summed E-state index contributed by atoms with van der Waals surface area (Å²) in [5.41, 5.74) is 3.56. The van der Waals surface area contributed by atoms with Crippen LogP contribution in [0.5, 0.6) is 0 Å². The first-order chi connectivity index (χ1) is 12.6. The van der Waals surface area contributed by atoms with Crippen LogP contribution in [0.15, 0.2) is 48.5 Å². The summed E-state index contributed by atoms with van der Waals surface area (Å²) in [6.45, 7) is 3.26. The number of rotatable bonds is 4. The van der Waals surface area contributed by atoms with Crippen LogP contribution >= 0.6 is 11.6 Å². The Labute approximate surface area is 156 Å². The summed E-state index contributed by atoms with van der Waals surface area (Å²) < 4.78 is 3.98. The Bertz CT molecular complexity index is 1130. The van der Waals surface area contributed by atoms with Gasteiger partial charge < -0.3 is 14.5 Å². The first-order valence-corrected chi connectivity index (χ1v) is 8.93. The number of carbonyl (C=O) groups is 1. The lowest BCUT2D eigenvalue weighted by atomic mass is 10.2. The van der Waals surface area contributed by atoms with Gasteiger partial charge in [0.15, 0.2) is 0 Å². The number of imidazole rings is 1. The molecule has 0 spiro atoms. The molecular weight excluding hydrogens is 348 g/mol. The molecule has 2 aromatic heterocycles. The number of halogens is 1. The molecule has 5 nitrogen and oxygen atoms in total. The predicted molar refractivity (Wildman–Crippen MR) is 105 cm³/mol. The van der Waals surface area contributed by atoms with Crippen molar-refractivity contribution < 1.29 is 4.79 Å². The maximum absolute atomic E-state index is 12.7. The number of benzene rings is 2. The Morgan fingerprint density at radius 3 is 2.77 bits per heavy atom. The van der Waals surface area contributed by atoms with Gasteiger partial charge in [0.1, 0.15) is 11.5 Å². The van der Waals surface area contributed by atoms with E-state index >= 15 is 0 Å². The summed E-state index contributed by atoms with van der Waals surface area (Å²) in [6.07, 6.45) is 0. The normalized spacial score (nSPS) is 11.3. The molecule has 4 aromatic rings. The molecule has 1 amide bonds. The molecule has 26 heavy (non-hydrogen) atoms. The maximum Gasteiger partial charge on any atom is 0.268 e. The highest BCUT2D eigenvalue weighted by molar-refractivity contribution is 6.31. The Kier molecular flexibility index (Phi) is 4.17. The lowest BCUT2D eigenvalue weighted by molar-refractivity contribution is 0.0942. The first-order valence-electron chi connectivity index (χ1n) is 8.56. The van der Waals surface area contributed by atoms with Crippen LogP contribution in [0, 0.1) is 0 Å². The second kappa shape index (κ2) is 6.50. The van der Waals surface area contributed by atoms with Crippen molar-refractivity contribution in [3.8, 4) is 0 Å². The molecule has 0 saturated heterocycles. The van der Waals surface area contributed by atoms with Crippen LogP contribution in [0.25, 0.3) is 21.9 Å². The molecule has 0 atom stereocenters. The third-order valence-corrected chi connectivity index (χ3v) is 4.93. The Hall–Kier alpha value is -2.79. The Balaban J connectivity index is 1.61. The molecular formula is C20H19ClN4O. The highest BCUT2D eigenvalue weighted by Gasteiger charge is 2.15. The molecule has 2 heterocycles. The topological polar surface area (TPSA) is 51.9 Å². The van der Waals surface area contributed by atoms with Crippen LogP contribution in [-0.4, -0.2) is 20.0 Å². The van der Waals surface area contributed by atoms with Gasteiger partial charge in [-0.05, 0) is 37.3 Å². The molecule has 0 unspecified atom stereocenters. The quantitative estimate of drug-likeness (QED) is 0.590. The first kappa shape index (κ1) is 16.7. The van der Waals surface area contributed by atoms with Crippen molar-refractivity contribution in [3.05, 3.63) is 65.1 Å². The minimum Gasteiger partial charge on any atom is -0.344 e. The van der Waals surface area contributed by atoms with E-state index in [-0.39, 0.29) is 5.91 Å². The van der Waals surface area contributed by atoms with E-state index in [1.54, 1.807) is 0 Å². The number of carbonyl (C=O) groups excluding carboxylic acids is 1. The van der Waals surface area contributed by atoms with Crippen molar-refractivity contribution in [2.75, 3.05) is 0 Å². The van der Waals surface area contributed by atoms with E-state index in [1.807, 2.05) is 60.1 Å². The van der Waals surface area contributed by atoms with Gasteiger partial charge in [-0.1, -0.05) is 29.8 Å². The van der Waals surface area contributed by atoms with E-state index < -0.39 is 0 Å². The van der Waals surface area contributed by atoms with E-state index in [4.69, 9.17) is 11.6 Å². The summed E-state index contributed by atoms with van der Waals surface area (Å²) in [5, 5.41) is 4.63. The average molecular weight is 367 g/mol. The highest BCUT2D eigenvalue weighted by Crippen LogP contribution is 2.23. The fourth-order valence-corrected chi connectivity index (χ4v) is 3.55. The van der Waals surface area contributed by atoms with Gasteiger partial charge in [0, 0.05) is 29.5 Å². The third-order valence-electron chi connectivity index (χ3n) is 4.70. The summed E-state index contributed by atoms with van der Waals surface area (Å²) in [5.74, 6) is 0.721. The SMILES string of the molecule is CCn1c(CNC(=O)c2cc3ccc(Cl)cc3n2C)nc2ccccc21. The number of para-hydroxylation sites is 2. The number of aryl methyl sites for hydroxylation is 2. The third kappa shape index (κ3) is 2.74. The lowest BCUT2D eigenvalue weighted by Gasteiger charge is -2.08. The molecule has 0 fully saturated rings. The molecule has 0 saturated carbocycles. The number of nitrogens with one attached hydrogen (secondary N) is 1. The number of hydrogen-bond acceptors (Lipinski definition) is 2. The second-order valence-corrected chi connectivity index (χ2v) is 6.67. The van der Waals surface area contributed by atoms with E-state index in [9.17, 15) is 4.79 Å². The monoisotopic (exact) mass is 366 g/mol. The number of nitrogens with zero attached hydrogens (tertiary/aromatic N) is 3. The molecule has 0 aliphatic rings. The van der Waals surface area contributed by atoms with Gasteiger partial charge in [-0.25, -0.2) is 4.98 Å². The zero-order valence-electron chi connectivity index (χ0n) is 14.7. The predicted octanol–water partition coefficient (Wildman–Crippen LogP) is 4.13. The molecule has 0 aliphatic heterocycles. The van der Waals surface area contributed by atoms with Gasteiger partial charge in [0.2, 0.25) is 0 Å². The number of amides is 1. The summed E-state index contributed by atoms with van der Waals surface area (Å²) >= 11 is 6.07. The van der Waals surface area contributed by atoms with Crippen molar-refractivity contribution in [2.45, 2.75) is 20.0 Å². The number of hydrogen-bond donors (Lipinski definition) is 1. The minimum absolute atomic E-state index is 0.130. The molecule has 0 radical (unpaired) electrons. The maximum atomic E-state index is 12.7. The van der Waals surface area contributed by atoms with Gasteiger partial charge in [0.25, 0.3) is 5.91 Å². The molecule has 4 rings (SSSR count). The summed E-state index contributed by atoms with van der Waals surface area (Å²) in [7, 11) is 1.87. The smallest absolute Gasteiger partial charge is 0.268 e.